The summed E-state index contributed by atoms with van der Waals surface area (Å²) in [6.45, 7) is 3.68. The fourth-order valence-electron chi connectivity index (χ4n) is 3.19. The highest BCUT2D eigenvalue weighted by molar-refractivity contribution is 8.00. The molecule has 3 aromatic heterocycles. The van der Waals surface area contributed by atoms with Crippen LogP contribution in [0, 0.1) is 0 Å². The summed E-state index contributed by atoms with van der Waals surface area (Å²) < 4.78 is 3.44. The molecule has 26 heavy (non-hydrogen) atoms. The SMILES string of the molecule is CC(Sc1ccc2nnc(-c3ccnn3C)n2n1)C(=O)N1CCCCC1. The topological polar surface area (TPSA) is 81.2 Å². The second-order valence-electron chi connectivity index (χ2n) is 6.45. The van der Waals surface area contributed by atoms with Crippen LogP contribution in [0.25, 0.3) is 17.2 Å². The van der Waals surface area contributed by atoms with E-state index >= 15 is 0 Å². The predicted octanol–water partition coefficient (Wildman–Crippen LogP) is 2.02. The normalized spacial score (nSPS) is 16.2. The Kier molecular flexibility index (Phi) is 4.62. The molecule has 4 heterocycles. The fraction of sp³-hybridized carbons (Fsp3) is 0.471. The molecule has 1 atom stereocenters. The Labute approximate surface area is 155 Å². The maximum Gasteiger partial charge on any atom is 0.235 e. The maximum atomic E-state index is 12.6. The number of nitrogens with zero attached hydrogens (tertiary/aromatic N) is 7. The van der Waals surface area contributed by atoms with Crippen molar-refractivity contribution in [2.45, 2.75) is 36.5 Å². The van der Waals surface area contributed by atoms with E-state index in [9.17, 15) is 4.79 Å². The molecule has 0 spiro atoms. The summed E-state index contributed by atoms with van der Waals surface area (Å²) in [5, 5.41) is 17.8. The number of hydrogen-bond donors (Lipinski definition) is 0. The number of piperidine rings is 1. The summed E-state index contributed by atoms with van der Waals surface area (Å²) in [5.41, 5.74) is 1.50. The average Bonchev–Trinajstić information content (AvgIpc) is 3.27. The van der Waals surface area contributed by atoms with Gasteiger partial charge in [0, 0.05) is 26.3 Å². The number of carbonyl (C=O) groups is 1. The first-order valence-electron chi connectivity index (χ1n) is 8.80. The Morgan fingerprint density at radius 1 is 1.15 bits per heavy atom. The molecule has 1 amide bonds. The highest BCUT2D eigenvalue weighted by Crippen LogP contribution is 2.25. The second-order valence-corrected chi connectivity index (χ2v) is 7.81. The van der Waals surface area contributed by atoms with Crippen molar-refractivity contribution in [1.29, 1.82) is 0 Å². The molecule has 1 aliphatic rings. The number of rotatable bonds is 4. The van der Waals surface area contributed by atoms with Crippen LogP contribution in [0.5, 0.6) is 0 Å². The highest BCUT2D eigenvalue weighted by Gasteiger charge is 2.23. The number of aryl methyl sites for hydroxylation is 1. The fourth-order valence-corrected chi connectivity index (χ4v) is 4.08. The van der Waals surface area contributed by atoms with Crippen LogP contribution in [-0.4, -0.2) is 58.7 Å². The lowest BCUT2D eigenvalue weighted by Gasteiger charge is -2.28. The molecule has 0 aromatic carbocycles. The third kappa shape index (κ3) is 3.18. The van der Waals surface area contributed by atoms with Gasteiger partial charge in [-0.2, -0.15) is 14.7 Å². The zero-order valence-corrected chi connectivity index (χ0v) is 15.7. The first-order valence-corrected chi connectivity index (χ1v) is 9.68. The van der Waals surface area contributed by atoms with Gasteiger partial charge in [-0.15, -0.1) is 10.2 Å². The third-order valence-electron chi connectivity index (χ3n) is 4.60. The Hall–Kier alpha value is -2.42. The van der Waals surface area contributed by atoms with E-state index < -0.39 is 0 Å². The van der Waals surface area contributed by atoms with E-state index in [0.717, 1.165) is 36.7 Å². The summed E-state index contributed by atoms with van der Waals surface area (Å²) in [6, 6.07) is 5.64. The first kappa shape index (κ1) is 17.0. The van der Waals surface area contributed by atoms with Crippen molar-refractivity contribution in [3.8, 4) is 11.5 Å². The first-order chi connectivity index (χ1) is 12.6. The van der Waals surface area contributed by atoms with Crippen molar-refractivity contribution in [3.63, 3.8) is 0 Å². The molecule has 1 aliphatic heterocycles. The Balaban J connectivity index is 1.57. The van der Waals surface area contributed by atoms with Crippen molar-refractivity contribution in [3.05, 3.63) is 24.4 Å². The molecule has 0 radical (unpaired) electrons. The van der Waals surface area contributed by atoms with Crippen molar-refractivity contribution in [2.24, 2.45) is 7.05 Å². The van der Waals surface area contributed by atoms with E-state index in [-0.39, 0.29) is 11.2 Å². The lowest BCUT2D eigenvalue weighted by molar-refractivity contribution is -0.131. The largest absolute Gasteiger partial charge is 0.342 e. The van der Waals surface area contributed by atoms with Crippen LogP contribution >= 0.6 is 11.8 Å². The minimum absolute atomic E-state index is 0.172. The summed E-state index contributed by atoms with van der Waals surface area (Å²) in [7, 11) is 1.86. The van der Waals surface area contributed by atoms with E-state index in [1.165, 1.54) is 18.2 Å². The number of fused-ring (bicyclic) bond motifs is 1. The van der Waals surface area contributed by atoms with Crippen LogP contribution in [0.2, 0.25) is 0 Å². The lowest BCUT2D eigenvalue weighted by Crippen LogP contribution is -2.40. The highest BCUT2D eigenvalue weighted by atomic mass is 32.2. The number of thioether (sulfide) groups is 1. The molecule has 4 rings (SSSR count). The number of likely N-dealkylation sites (tertiary alicyclic amines) is 1. The van der Waals surface area contributed by atoms with Crippen LogP contribution in [0.4, 0.5) is 0 Å². The molecule has 0 aliphatic carbocycles. The molecular formula is C17H21N7OS. The zero-order chi connectivity index (χ0) is 18.1. The second kappa shape index (κ2) is 7.06. The van der Waals surface area contributed by atoms with Gasteiger partial charge in [-0.25, -0.2) is 0 Å². The van der Waals surface area contributed by atoms with Gasteiger partial charge in [0.05, 0.1) is 5.25 Å². The van der Waals surface area contributed by atoms with Gasteiger partial charge in [-0.05, 0) is 44.4 Å². The number of amides is 1. The molecule has 136 valence electrons. The van der Waals surface area contributed by atoms with E-state index in [2.05, 4.69) is 20.4 Å². The molecule has 0 N–H and O–H groups in total. The van der Waals surface area contributed by atoms with Gasteiger partial charge < -0.3 is 4.90 Å². The molecule has 1 unspecified atom stereocenters. The molecule has 0 bridgehead atoms. The monoisotopic (exact) mass is 371 g/mol. The van der Waals surface area contributed by atoms with Gasteiger partial charge in [0.15, 0.2) is 5.65 Å². The van der Waals surface area contributed by atoms with Crippen LogP contribution in [0.15, 0.2) is 29.4 Å². The van der Waals surface area contributed by atoms with Gasteiger partial charge >= 0.3 is 0 Å². The van der Waals surface area contributed by atoms with Crippen LogP contribution < -0.4 is 0 Å². The van der Waals surface area contributed by atoms with Crippen LogP contribution in [-0.2, 0) is 11.8 Å². The molecule has 9 heteroatoms. The van der Waals surface area contributed by atoms with Gasteiger partial charge in [0.1, 0.15) is 10.7 Å². The third-order valence-corrected chi connectivity index (χ3v) is 5.62. The lowest BCUT2D eigenvalue weighted by atomic mass is 10.1. The van der Waals surface area contributed by atoms with Crippen LogP contribution in [0.1, 0.15) is 26.2 Å². The average molecular weight is 371 g/mol. The maximum absolute atomic E-state index is 12.6. The zero-order valence-electron chi connectivity index (χ0n) is 14.9. The summed E-state index contributed by atoms with van der Waals surface area (Å²) in [4.78, 5) is 14.6. The Morgan fingerprint density at radius 2 is 1.96 bits per heavy atom. The van der Waals surface area contributed by atoms with Crippen molar-refractivity contribution >= 4 is 23.3 Å². The summed E-state index contributed by atoms with van der Waals surface area (Å²) in [5.74, 6) is 0.824. The standard InChI is InChI=1S/C17H21N7OS/c1-12(17(25)23-10-4-3-5-11-23)26-15-7-6-14-19-20-16(24(14)21-15)13-8-9-18-22(13)2/h6-9,12H,3-5,10-11H2,1-2H3. The summed E-state index contributed by atoms with van der Waals surface area (Å²) in [6.07, 6.45) is 5.13. The molecular weight excluding hydrogens is 350 g/mol. The smallest absolute Gasteiger partial charge is 0.235 e. The predicted molar refractivity (Wildman–Crippen MR) is 98.7 cm³/mol. The summed E-state index contributed by atoms with van der Waals surface area (Å²) >= 11 is 1.47. The van der Waals surface area contributed by atoms with Gasteiger partial charge in [-0.1, -0.05) is 11.8 Å². The number of aromatic nitrogens is 6. The minimum atomic E-state index is -0.172. The molecule has 0 saturated carbocycles. The van der Waals surface area contributed by atoms with Crippen molar-refractivity contribution in [1.82, 2.24) is 34.5 Å². The minimum Gasteiger partial charge on any atom is -0.342 e. The van der Waals surface area contributed by atoms with E-state index in [1.54, 1.807) is 15.4 Å². The quantitative estimate of drug-likeness (QED) is 0.653. The van der Waals surface area contributed by atoms with Crippen molar-refractivity contribution in [2.75, 3.05) is 13.1 Å². The van der Waals surface area contributed by atoms with E-state index in [0.29, 0.717) is 11.5 Å². The number of hydrogen-bond acceptors (Lipinski definition) is 6. The number of carbonyl (C=O) groups excluding carboxylic acids is 1. The molecule has 1 fully saturated rings. The van der Waals surface area contributed by atoms with Crippen molar-refractivity contribution < 1.29 is 4.79 Å². The van der Waals surface area contributed by atoms with Gasteiger partial charge in [0.2, 0.25) is 11.7 Å². The molecule has 3 aromatic rings. The Bertz CT molecular complexity index is 928. The molecule has 8 nitrogen and oxygen atoms in total. The van der Waals surface area contributed by atoms with Crippen LogP contribution in [0.3, 0.4) is 0 Å². The molecule has 1 saturated heterocycles. The van der Waals surface area contributed by atoms with Gasteiger partial charge in [0.25, 0.3) is 0 Å². The van der Waals surface area contributed by atoms with E-state index in [4.69, 9.17) is 0 Å². The van der Waals surface area contributed by atoms with E-state index in [1.807, 2.05) is 37.1 Å². The van der Waals surface area contributed by atoms with Gasteiger partial charge in [-0.3, -0.25) is 9.48 Å². The Morgan fingerprint density at radius 3 is 2.69 bits per heavy atom.